The van der Waals surface area contributed by atoms with Crippen LogP contribution in [0.25, 0.3) is 0 Å². The maximum absolute atomic E-state index is 11.8. The van der Waals surface area contributed by atoms with Crippen LogP contribution in [0.4, 0.5) is 11.4 Å². The molecule has 1 aromatic carbocycles. The molecule has 122 valence electrons. The van der Waals surface area contributed by atoms with E-state index in [0.29, 0.717) is 11.4 Å². The summed E-state index contributed by atoms with van der Waals surface area (Å²) >= 11 is 1.47. The molecule has 22 heavy (non-hydrogen) atoms. The first kappa shape index (κ1) is 18.3. The molecule has 0 aliphatic rings. The summed E-state index contributed by atoms with van der Waals surface area (Å²) in [6.45, 7) is 1.64. The zero-order chi connectivity index (χ0) is 16.8. The molecule has 0 saturated carbocycles. The Labute approximate surface area is 135 Å². The van der Waals surface area contributed by atoms with E-state index in [1.54, 1.807) is 19.1 Å². The Kier molecular flexibility index (Phi) is 6.70. The van der Waals surface area contributed by atoms with Crippen LogP contribution in [0, 0.1) is 0 Å². The van der Waals surface area contributed by atoms with Crippen molar-refractivity contribution in [2.24, 2.45) is 0 Å². The van der Waals surface area contributed by atoms with E-state index in [9.17, 15) is 14.7 Å². The molecule has 1 atom stereocenters. The molecule has 0 heterocycles. The van der Waals surface area contributed by atoms with Crippen LogP contribution in [0.1, 0.15) is 6.92 Å². The van der Waals surface area contributed by atoms with Crippen molar-refractivity contribution in [2.75, 3.05) is 42.9 Å². The number of aliphatic hydroxyl groups is 1. The summed E-state index contributed by atoms with van der Waals surface area (Å²) in [7, 11) is 3.84. The number of amides is 2. The summed E-state index contributed by atoms with van der Waals surface area (Å²) in [5.74, 6) is -1.04. The van der Waals surface area contributed by atoms with E-state index in [2.05, 4.69) is 10.6 Å². The highest BCUT2D eigenvalue weighted by atomic mass is 32.2. The van der Waals surface area contributed by atoms with Crippen LogP contribution in [-0.2, 0) is 9.59 Å². The van der Waals surface area contributed by atoms with Crippen molar-refractivity contribution in [1.82, 2.24) is 5.32 Å². The van der Waals surface area contributed by atoms with Gasteiger partial charge in [0.1, 0.15) is 0 Å². The third kappa shape index (κ3) is 5.95. The van der Waals surface area contributed by atoms with Gasteiger partial charge in [0.25, 0.3) is 0 Å². The Hall–Kier alpha value is -1.73. The highest BCUT2D eigenvalue weighted by molar-refractivity contribution is 7.98. The molecule has 3 N–H and O–H groups in total. The van der Waals surface area contributed by atoms with E-state index >= 15 is 0 Å². The largest absolute Gasteiger partial charge is 0.387 e. The van der Waals surface area contributed by atoms with E-state index in [-0.39, 0.29) is 6.54 Å². The van der Waals surface area contributed by atoms with E-state index in [0.717, 1.165) is 5.69 Å². The number of carbonyl (C=O) groups excluding carboxylic acids is 2. The molecule has 2 amide bonds. The number of rotatable bonds is 6. The third-order valence-corrected chi connectivity index (χ3v) is 3.84. The van der Waals surface area contributed by atoms with Gasteiger partial charge in [-0.05, 0) is 37.4 Å². The number of anilines is 2. The van der Waals surface area contributed by atoms with E-state index in [1.807, 2.05) is 37.4 Å². The fourth-order valence-corrected chi connectivity index (χ4v) is 2.47. The number of hydrogen-bond acceptors (Lipinski definition) is 5. The fraction of sp³-hybridized carbons (Fsp3) is 0.467. The average Bonchev–Trinajstić information content (AvgIpc) is 2.45. The summed E-state index contributed by atoms with van der Waals surface area (Å²) in [6, 6.07) is 7.14. The van der Waals surface area contributed by atoms with Crippen molar-refractivity contribution >= 4 is 35.0 Å². The maximum Gasteiger partial charge on any atom is 0.313 e. The first-order valence-electron chi connectivity index (χ1n) is 6.83. The number of hydrogen-bond donors (Lipinski definition) is 3. The zero-order valence-corrected chi connectivity index (χ0v) is 14.2. The summed E-state index contributed by atoms with van der Waals surface area (Å²) in [5.41, 5.74) is 0.500. The van der Waals surface area contributed by atoms with E-state index < -0.39 is 17.4 Å². The van der Waals surface area contributed by atoms with Crippen LogP contribution in [0.3, 0.4) is 0 Å². The lowest BCUT2D eigenvalue weighted by atomic mass is 10.1. The van der Waals surface area contributed by atoms with Crippen LogP contribution >= 0.6 is 11.8 Å². The Morgan fingerprint density at radius 3 is 2.32 bits per heavy atom. The van der Waals surface area contributed by atoms with Gasteiger partial charge in [0.05, 0.1) is 5.60 Å². The molecule has 0 unspecified atom stereocenters. The zero-order valence-electron chi connectivity index (χ0n) is 13.3. The van der Waals surface area contributed by atoms with Crippen LogP contribution in [0.15, 0.2) is 24.3 Å². The lowest BCUT2D eigenvalue weighted by Crippen LogP contribution is -2.45. The quantitative estimate of drug-likeness (QED) is 0.678. The molecule has 0 spiro atoms. The average molecular weight is 325 g/mol. The number of carbonyl (C=O) groups is 2. The summed E-state index contributed by atoms with van der Waals surface area (Å²) in [5, 5.41) is 14.9. The molecule has 7 heteroatoms. The van der Waals surface area contributed by atoms with Crippen molar-refractivity contribution in [3.8, 4) is 0 Å². The molecule has 6 nitrogen and oxygen atoms in total. The van der Waals surface area contributed by atoms with Crippen molar-refractivity contribution in [1.29, 1.82) is 0 Å². The summed E-state index contributed by atoms with van der Waals surface area (Å²) in [6.07, 6.45) is 1.86. The van der Waals surface area contributed by atoms with Crippen LogP contribution < -0.4 is 15.5 Å². The molecular formula is C15H23N3O3S. The summed E-state index contributed by atoms with van der Waals surface area (Å²) in [4.78, 5) is 25.4. The third-order valence-electron chi connectivity index (χ3n) is 2.93. The predicted octanol–water partition coefficient (Wildman–Crippen LogP) is 0.921. The summed E-state index contributed by atoms with van der Waals surface area (Å²) < 4.78 is 0. The fourth-order valence-electron chi connectivity index (χ4n) is 1.74. The molecule has 0 fully saturated rings. The second kappa shape index (κ2) is 8.05. The monoisotopic (exact) mass is 325 g/mol. The van der Waals surface area contributed by atoms with Gasteiger partial charge in [0.15, 0.2) is 0 Å². The Morgan fingerprint density at radius 1 is 1.23 bits per heavy atom. The van der Waals surface area contributed by atoms with Crippen molar-refractivity contribution in [3.05, 3.63) is 24.3 Å². The van der Waals surface area contributed by atoms with Crippen molar-refractivity contribution in [3.63, 3.8) is 0 Å². The van der Waals surface area contributed by atoms with Gasteiger partial charge in [-0.25, -0.2) is 0 Å². The lowest BCUT2D eigenvalue weighted by Gasteiger charge is -2.22. The van der Waals surface area contributed by atoms with Crippen molar-refractivity contribution < 1.29 is 14.7 Å². The van der Waals surface area contributed by atoms with Gasteiger partial charge in [-0.2, -0.15) is 11.8 Å². The number of nitrogens with zero attached hydrogens (tertiary/aromatic N) is 1. The standard InChI is InChI=1S/C15H23N3O3S/c1-15(21,10-22-4)9-16-13(19)14(20)17-11-5-7-12(8-6-11)18(2)3/h5-8,21H,9-10H2,1-4H3,(H,16,19)(H,17,20)/t15-/m1/s1. The van der Waals surface area contributed by atoms with Crippen LogP contribution in [0.5, 0.6) is 0 Å². The molecule has 0 aromatic heterocycles. The molecule has 0 radical (unpaired) electrons. The highest BCUT2D eigenvalue weighted by Crippen LogP contribution is 2.15. The first-order valence-corrected chi connectivity index (χ1v) is 8.22. The van der Waals surface area contributed by atoms with Gasteiger partial charge in [-0.15, -0.1) is 0 Å². The second-order valence-corrected chi connectivity index (χ2v) is 6.37. The van der Waals surface area contributed by atoms with Gasteiger partial charge in [-0.1, -0.05) is 0 Å². The molecule has 0 bridgehead atoms. The molecule has 1 rings (SSSR count). The van der Waals surface area contributed by atoms with Gasteiger partial charge in [-0.3, -0.25) is 9.59 Å². The van der Waals surface area contributed by atoms with Gasteiger partial charge in [0, 0.05) is 37.8 Å². The van der Waals surface area contributed by atoms with Gasteiger partial charge >= 0.3 is 11.8 Å². The molecular weight excluding hydrogens is 302 g/mol. The van der Waals surface area contributed by atoms with E-state index in [1.165, 1.54) is 11.8 Å². The van der Waals surface area contributed by atoms with Gasteiger partial charge < -0.3 is 20.6 Å². The highest BCUT2D eigenvalue weighted by Gasteiger charge is 2.22. The minimum absolute atomic E-state index is 0.0274. The first-order chi connectivity index (χ1) is 10.2. The van der Waals surface area contributed by atoms with Crippen molar-refractivity contribution in [2.45, 2.75) is 12.5 Å². The maximum atomic E-state index is 11.8. The van der Waals surface area contributed by atoms with Crippen LogP contribution in [-0.4, -0.2) is 55.2 Å². The minimum atomic E-state index is -1.04. The van der Waals surface area contributed by atoms with Crippen LogP contribution in [0.2, 0.25) is 0 Å². The molecule has 0 saturated heterocycles. The number of thioether (sulfide) groups is 1. The Morgan fingerprint density at radius 2 is 1.82 bits per heavy atom. The normalized spacial score (nSPS) is 13.1. The Bertz CT molecular complexity index is 515. The number of benzene rings is 1. The topological polar surface area (TPSA) is 81.7 Å². The Balaban J connectivity index is 2.52. The molecule has 1 aromatic rings. The second-order valence-electron chi connectivity index (χ2n) is 5.51. The van der Waals surface area contributed by atoms with Gasteiger partial charge in [0.2, 0.25) is 0 Å². The molecule has 0 aliphatic heterocycles. The predicted molar refractivity (Wildman–Crippen MR) is 91.4 cm³/mol. The minimum Gasteiger partial charge on any atom is -0.387 e. The smallest absolute Gasteiger partial charge is 0.313 e. The molecule has 0 aliphatic carbocycles. The number of nitrogens with one attached hydrogen (secondary N) is 2. The van der Waals surface area contributed by atoms with E-state index in [4.69, 9.17) is 0 Å². The SMILES string of the molecule is CSC[C@](C)(O)CNC(=O)C(=O)Nc1ccc(N(C)C)cc1. The lowest BCUT2D eigenvalue weighted by molar-refractivity contribution is -0.136.